The molecule has 0 spiro atoms. The van der Waals surface area contributed by atoms with Crippen molar-refractivity contribution in [2.75, 3.05) is 18.6 Å². The molecule has 0 bridgehead atoms. The molecule has 0 amide bonds. The molecule has 8 heteroatoms. The number of methoxy groups -OCH3 is 1. The lowest BCUT2D eigenvalue weighted by Gasteiger charge is -2.38. The topological polar surface area (TPSA) is 63.7 Å². The van der Waals surface area contributed by atoms with Crippen LogP contribution in [0.1, 0.15) is 13.3 Å². The molecule has 1 saturated heterocycles. The van der Waals surface area contributed by atoms with Crippen molar-refractivity contribution in [1.82, 2.24) is 4.31 Å². The summed E-state index contributed by atoms with van der Waals surface area (Å²) in [7, 11) is -2.51. The summed E-state index contributed by atoms with van der Waals surface area (Å²) in [6.07, 6.45) is 0.632. The van der Waals surface area contributed by atoms with E-state index in [2.05, 4.69) is 0 Å². The van der Waals surface area contributed by atoms with E-state index in [9.17, 15) is 13.2 Å². The van der Waals surface area contributed by atoms with E-state index in [4.69, 9.17) is 16.3 Å². The molecule has 0 saturated carbocycles. The number of sulfonamides is 1. The van der Waals surface area contributed by atoms with Gasteiger partial charge in [-0.3, -0.25) is 4.79 Å². The van der Waals surface area contributed by atoms with Crippen molar-refractivity contribution in [2.45, 2.75) is 30.3 Å². The molecule has 1 fully saturated rings. The van der Waals surface area contributed by atoms with Crippen molar-refractivity contribution in [3.8, 4) is 0 Å². The van der Waals surface area contributed by atoms with Crippen LogP contribution < -0.4 is 0 Å². The lowest BCUT2D eigenvalue weighted by molar-refractivity contribution is -0.145. The second-order valence-electron chi connectivity index (χ2n) is 4.93. The van der Waals surface area contributed by atoms with Crippen molar-refractivity contribution < 1.29 is 17.9 Å². The quantitative estimate of drug-likeness (QED) is 0.768. The molecule has 22 heavy (non-hydrogen) atoms. The van der Waals surface area contributed by atoms with Gasteiger partial charge >= 0.3 is 5.97 Å². The molecule has 2 rings (SSSR count). The maximum Gasteiger partial charge on any atom is 0.325 e. The summed E-state index contributed by atoms with van der Waals surface area (Å²) < 4.78 is 32.0. The van der Waals surface area contributed by atoms with Crippen molar-refractivity contribution in [3.63, 3.8) is 0 Å². The van der Waals surface area contributed by atoms with Gasteiger partial charge in [0.15, 0.2) is 0 Å². The first-order valence-electron chi connectivity index (χ1n) is 6.86. The molecule has 1 aliphatic heterocycles. The van der Waals surface area contributed by atoms with Crippen LogP contribution >= 0.6 is 23.4 Å². The monoisotopic (exact) mass is 363 g/mol. The maximum absolute atomic E-state index is 13.0. The van der Waals surface area contributed by atoms with Crippen LogP contribution in [0.15, 0.2) is 29.2 Å². The predicted molar refractivity (Wildman–Crippen MR) is 87.7 cm³/mol. The fraction of sp³-hybridized carbons (Fsp3) is 0.500. The number of nitrogens with zero attached hydrogens (tertiary/aromatic N) is 1. The number of thioether (sulfide) groups is 1. The third kappa shape index (κ3) is 3.42. The van der Waals surface area contributed by atoms with Crippen molar-refractivity contribution in [2.24, 2.45) is 0 Å². The summed E-state index contributed by atoms with van der Waals surface area (Å²) in [5.41, 5.74) is 0. The zero-order valence-electron chi connectivity index (χ0n) is 12.4. The smallest absolute Gasteiger partial charge is 0.325 e. The Morgan fingerprint density at radius 1 is 1.36 bits per heavy atom. The third-order valence-corrected chi connectivity index (χ3v) is 6.99. The molecule has 1 aromatic carbocycles. The van der Waals surface area contributed by atoms with E-state index < -0.39 is 22.0 Å². The van der Waals surface area contributed by atoms with E-state index in [1.54, 1.807) is 11.8 Å². The van der Waals surface area contributed by atoms with Crippen LogP contribution in [0.5, 0.6) is 0 Å². The lowest BCUT2D eigenvalue weighted by atomic mass is 10.2. The van der Waals surface area contributed by atoms with Crippen LogP contribution in [0.2, 0.25) is 5.02 Å². The average molecular weight is 364 g/mol. The molecule has 1 aliphatic rings. The molecule has 0 unspecified atom stereocenters. The van der Waals surface area contributed by atoms with Gasteiger partial charge in [0, 0.05) is 22.6 Å². The summed E-state index contributed by atoms with van der Waals surface area (Å²) in [6, 6.07) is 4.95. The highest BCUT2D eigenvalue weighted by Gasteiger charge is 2.43. The van der Waals surface area contributed by atoms with Crippen LogP contribution in [0.4, 0.5) is 0 Å². The standard InChI is InChI=1S/C14H18ClNO4S2/c1-3-11-8-21-9-13(14(17)20-2)16(11)22(18,19)12-6-4-10(15)5-7-12/h4-7,11,13H,3,8-9H2,1-2H3/t11-,13-/m1/s1. The maximum atomic E-state index is 13.0. The number of carbonyl (C=O) groups excluding carboxylic acids is 1. The highest BCUT2D eigenvalue weighted by molar-refractivity contribution is 7.99. The van der Waals surface area contributed by atoms with E-state index in [1.165, 1.54) is 35.7 Å². The van der Waals surface area contributed by atoms with Gasteiger partial charge in [0.1, 0.15) is 6.04 Å². The average Bonchev–Trinajstić information content (AvgIpc) is 2.53. The van der Waals surface area contributed by atoms with Crippen molar-refractivity contribution >= 4 is 39.4 Å². The Balaban J connectivity index is 2.46. The highest BCUT2D eigenvalue weighted by atomic mass is 35.5. The van der Waals surface area contributed by atoms with Crippen LogP contribution in [0, 0.1) is 0 Å². The Hall–Kier alpha value is -0.760. The largest absolute Gasteiger partial charge is 0.468 e. The summed E-state index contributed by atoms with van der Waals surface area (Å²) >= 11 is 7.39. The summed E-state index contributed by atoms with van der Waals surface area (Å²) in [5, 5.41) is 0.463. The zero-order valence-corrected chi connectivity index (χ0v) is 14.7. The minimum atomic E-state index is -3.78. The third-order valence-electron chi connectivity index (χ3n) is 3.59. The number of benzene rings is 1. The number of halogens is 1. The van der Waals surface area contributed by atoms with E-state index in [0.717, 1.165) is 0 Å². The first-order chi connectivity index (χ1) is 10.4. The van der Waals surface area contributed by atoms with Gasteiger partial charge in [-0.05, 0) is 30.7 Å². The Kier molecular flexibility index (Phi) is 5.76. The summed E-state index contributed by atoms with van der Waals surface area (Å²) in [4.78, 5) is 12.1. The van der Waals surface area contributed by atoms with Crippen LogP contribution in [-0.2, 0) is 19.6 Å². The van der Waals surface area contributed by atoms with Gasteiger partial charge < -0.3 is 4.74 Å². The van der Waals surface area contributed by atoms with Gasteiger partial charge in [0.2, 0.25) is 10.0 Å². The van der Waals surface area contributed by atoms with E-state index in [-0.39, 0.29) is 10.9 Å². The Morgan fingerprint density at radius 2 is 2.00 bits per heavy atom. The lowest BCUT2D eigenvalue weighted by Crippen LogP contribution is -2.55. The number of esters is 1. The van der Waals surface area contributed by atoms with E-state index >= 15 is 0 Å². The van der Waals surface area contributed by atoms with Gasteiger partial charge in [0.05, 0.1) is 12.0 Å². The van der Waals surface area contributed by atoms with Gasteiger partial charge in [-0.25, -0.2) is 8.42 Å². The van der Waals surface area contributed by atoms with Gasteiger partial charge in [-0.15, -0.1) is 0 Å². The minimum Gasteiger partial charge on any atom is -0.468 e. The molecule has 1 heterocycles. The number of ether oxygens (including phenoxy) is 1. The molecule has 2 atom stereocenters. The highest BCUT2D eigenvalue weighted by Crippen LogP contribution is 2.31. The normalized spacial score (nSPS) is 23.2. The number of hydrogen-bond acceptors (Lipinski definition) is 5. The fourth-order valence-corrected chi connectivity index (χ4v) is 5.89. The van der Waals surface area contributed by atoms with E-state index in [0.29, 0.717) is 22.9 Å². The van der Waals surface area contributed by atoms with Crippen LogP contribution in [-0.4, -0.2) is 49.4 Å². The van der Waals surface area contributed by atoms with Crippen molar-refractivity contribution in [3.05, 3.63) is 29.3 Å². The van der Waals surface area contributed by atoms with Crippen LogP contribution in [0.3, 0.4) is 0 Å². The number of rotatable bonds is 4. The Bertz CT molecular complexity index is 633. The molecular formula is C14H18ClNO4S2. The zero-order chi connectivity index (χ0) is 16.3. The van der Waals surface area contributed by atoms with Gasteiger partial charge in [-0.2, -0.15) is 16.1 Å². The van der Waals surface area contributed by atoms with Crippen molar-refractivity contribution in [1.29, 1.82) is 0 Å². The molecule has 1 aromatic rings. The fourth-order valence-electron chi connectivity index (χ4n) is 2.41. The Morgan fingerprint density at radius 3 is 2.55 bits per heavy atom. The molecule has 0 radical (unpaired) electrons. The second kappa shape index (κ2) is 7.21. The van der Waals surface area contributed by atoms with Gasteiger partial charge in [0.25, 0.3) is 0 Å². The van der Waals surface area contributed by atoms with E-state index in [1.807, 2.05) is 6.92 Å². The Labute approximate surface area is 140 Å². The SMILES string of the molecule is CC[C@@H]1CSC[C@H](C(=O)OC)N1S(=O)(=O)c1ccc(Cl)cc1. The number of hydrogen-bond donors (Lipinski definition) is 0. The molecule has 0 aromatic heterocycles. The summed E-state index contributed by atoms with van der Waals surface area (Å²) in [6.45, 7) is 1.91. The minimum absolute atomic E-state index is 0.135. The van der Waals surface area contributed by atoms with Gasteiger partial charge in [-0.1, -0.05) is 18.5 Å². The predicted octanol–water partition coefficient (Wildman–Crippen LogP) is 2.40. The number of carbonyl (C=O) groups is 1. The molecule has 0 aliphatic carbocycles. The summed E-state index contributed by atoms with van der Waals surface area (Å²) in [5.74, 6) is 0.537. The van der Waals surface area contributed by atoms with Crippen LogP contribution in [0.25, 0.3) is 0 Å². The first kappa shape index (κ1) is 17.6. The molecular weight excluding hydrogens is 346 g/mol. The molecule has 5 nitrogen and oxygen atoms in total. The molecule has 0 N–H and O–H groups in total. The second-order valence-corrected chi connectivity index (χ2v) is 8.28. The molecule has 122 valence electrons. The first-order valence-corrected chi connectivity index (χ1v) is 9.83.